The molecule has 0 amide bonds. The number of hydrazine groups is 1. The summed E-state index contributed by atoms with van der Waals surface area (Å²) in [6, 6.07) is 8.69. The van der Waals surface area contributed by atoms with Crippen LogP contribution in [0.4, 0.5) is 0 Å². The molecule has 3 rings (SSSR count). The molecule has 0 bridgehead atoms. The lowest BCUT2D eigenvalue weighted by molar-refractivity contribution is 0.547. The van der Waals surface area contributed by atoms with Gasteiger partial charge in [0, 0.05) is 24.2 Å². The molecule has 0 aliphatic rings. The average molecular weight is 286 g/mol. The normalized spacial score (nSPS) is 12.9. The molecule has 1 unspecified atom stereocenters. The van der Waals surface area contributed by atoms with Gasteiger partial charge in [0.05, 0.1) is 11.7 Å². The highest BCUT2D eigenvalue weighted by Gasteiger charge is 2.13. The molecule has 0 fully saturated rings. The molecule has 0 saturated carbocycles. The summed E-state index contributed by atoms with van der Waals surface area (Å²) in [7, 11) is 0. The van der Waals surface area contributed by atoms with E-state index in [2.05, 4.69) is 47.8 Å². The van der Waals surface area contributed by atoms with Crippen LogP contribution in [0, 0.1) is 0 Å². The Hall–Kier alpha value is -1.69. The van der Waals surface area contributed by atoms with Crippen molar-refractivity contribution in [3.05, 3.63) is 58.9 Å². The molecular weight excluding hydrogens is 268 g/mol. The van der Waals surface area contributed by atoms with E-state index in [1.807, 2.05) is 16.0 Å². The summed E-state index contributed by atoms with van der Waals surface area (Å²) in [6.07, 6.45) is 5.93. The van der Waals surface area contributed by atoms with Gasteiger partial charge in [-0.05, 0) is 17.5 Å². The average Bonchev–Trinajstić information content (AvgIpc) is 3.06. The zero-order chi connectivity index (χ0) is 13.9. The molecule has 0 aliphatic heterocycles. The molecule has 1 atom stereocenters. The molecule has 0 spiro atoms. The molecule has 0 saturated heterocycles. The van der Waals surface area contributed by atoms with Crippen LogP contribution in [-0.4, -0.2) is 9.38 Å². The number of aryl methyl sites for hydroxylation is 1. The maximum Gasteiger partial charge on any atom is 0.193 e. The summed E-state index contributed by atoms with van der Waals surface area (Å²) >= 11 is 1.64. The summed E-state index contributed by atoms with van der Waals surface area (Å²) < 4.78 is 2.05. The van der Waals surface area contributed by atoms with Gasteiger partial charge in [0.1, 0.15) is 0 Å². The molecule has 4 nitrogen and oxygen atoms in total. The van der Waals surface area contributed by atoms with Crippen molar-refractivity contribution in [3.8, 4) is 0 Å². The fourth-order valence-electron chi connectivity index (χ4n) is 2.34. The first kappa shape index (κ1) is 13.3. The van der Waals surface area contributed by atoms with Gasteiger partial charge in [-0.15, -0.1) is 11.3 Å². The van der Waals surface area contributed by atoms with Crippen molar-refractivity contribution >= 4 is 16.3 Å². The zero-order valence-corrected chi connectivity index (χ0v) is 12.2. The number of thiazole rings is 1. The monoisotopic (exact) mass is 286 g/mol. The molecule has 20 heavy (non-hydrogen) atoms. The van der Waals surface area contributed by atoms with Gasteiger partial charge in [-0.2, -0.15) is 0 Å². The van der Waals surface area contributed by atoms with Crippen LogP contribution in [0.2, 0.25) is 0 Å². The Morgan fingerprint density at radius 2 is 2.15 bits per heavy atom. The van der Waals surface area contributed by atoms with Crippen LogP contribution < -0.4 is 11.3 Å². The van der Waals surface area contributed by atoms with Gasteiger partial charge in [-0.1, -0.05) is 31.2 Å². The van der Waals surface area contributed by atoms with E-state index in [0.717, 1.165) is 23.5 Å². The highest BCUT2D eigenvalue weighted by atomic mass is 32.1. The van der Waals surface area contributed by atoms with E-state index in [9.17, 15) is 0 Å². The number of hydrogen-bond donors (Lipinski definition) is 2. The van der Waals surface area contributed by atoms with Crippen molar-refractivity contribution in [2.75, 3.05) is 0 Å². The SMILES string of the molecule is CCc1ccc(C(Cc2cn3ccsc3n2)NN)cc1. The Morgan fingerprint density at radius 3 is 2.80 bits per heavy atom. The van der Waals surface area contributed by atoms with Crippen LogP contribution in [-0.2, 0) is 12.8 Å². The maximum atomic E-state index is 5.71. The molecule has 3 aromatic rings. The van der Waals surface area contributed by atoms with Crippen LogP contribution in [0.1, 0.15) is 29.8 Å². The van der Waals surface area contributed by atoms with Gasteiger partial charge in [-0.3, -0.25) is 15.7 Å². The molecule has 2 aromatic heterocycles. The Labute approximate surface area is 122 Å². The third-order valence-corrected chi connectivity index (χ3v) is 4.32. The maximum absolute atomic E-state index is 5.71. The third kappa shape index (κ3) is 2.60. The largest absolute Gasteiger partial charge is 0.297 e. The second-order valence-corrected chi connectivity index (χ2v) is 5.72. The topological polar surface area (TPSA) is 55.3 Å². The molecule has 0 radical (unpaired) electrons. The predicted octanol–water partition coefficient (Wildman–Crippen LogP) is 2.71. The second-order valence-electron chi connectivity index (χ2n) is 4.84. The number of aromatic nitrogens is 2. The van der Waals surface area contributed by atoms with Gasteiger partial charge in [0.25, 0.3) is 0 Å². The number of rotatable bonds is 5. The molecular formula is C15H18N4S. The summed E-state index contributed by atoms with van der Waals surface area (Å²) in [5.74, 6) is 5.71. The molecule has 1 aromatic carbocycles. The number of nitrogens with one attached hydrogen (secondary N) is 1. The van der Waals surface area contributed by atoms with E-state index in [1.54, 1.807) is 11.3 Å². The minimum absolute atomic E-state index is 0.0884. The Morgan fingerprint density at radius 1 is 1.35 bits per heavy atom. The van der Waals surface area contributed by atoms with E-state index < -0.39 is 0 Å². The number of benzene rings is 1. The minimum atomic E-state index is 0.0884. The van der Waals surface area contributed by atoms with E-state index in [1.165, 1.54) is 11.1 Å². The summed E-state index contributed by atoms with van der Waals surface area (Å²) in [5.41, 5.74) is 6.49. The highest BCUT2D eigenvalue weighted by molar-refractivity contribution is 7.15. The highest BCUT2D eigenvalue weighted by Crippen LogP contribution is 2.20. The van der Waals surface area contributed by atoms with Crippen LogP contribution in [0.3, 0.4) is 0 Å². The van der Waals surface area contributed by atoms with E-state index in [4.69, 9.17) is 5.84 Å². The van der Waals surface area contributed by atoms with E-state index in [0.29, 0.717) is 0 Å². The Kier molecular flexibility index (Phi) is 3.82. The summed E-state index contributed by atoms with van der Waals surface area (Å²) in [5, 5.41) is 2.04. The van der Waals surface area contributed by atoms with Gasteiger partial charge >= 0.3 is 0 Å². The van der Waals surface area contributed by atoms with E-state index in [-0.39, 0.29) is 6.04 Å². The first-order chi connectivity index (χ1) is 9.80. The lowest BCUT2D eigenvalue weighted by atomic mass is 10.0. The molecule has 104 valence electrons. The molecule has 0 aliphatic carbocycles. The number of fused-ring (bicyclic) bond motifs is 1. The Balaban J connectivity index is 1.80. The van der Waals surface area contributed by atoms with Crippen molar-refractivity contribution in [2.24, 2.45) is 5.84 Å². The Bertz CT molecular complexity index is 655. The first-order valence-corrected chi connectivity index (χ1v) is 7.64. The van der Waals surface area contributed by atoms with Crippen LogP contribution >= 0.6 is 11.3 Å². The lowest BCUT2D eigenvalue weighted by Crippen LogP contribution is -2.29. The van der Waals surface area contributed by atoms with Crippen molar-refractivity contribution in [1.82, 2.24) is 14.8 Å². The first-order valence-electron chi connectivity index (χ1n) is 6.76. The fourth-order valence-corrected chi connectivity index (χ4v) is 3.06. The molecule has 3 N–H and O–H groups in total. The number of nitrogens with two attached hydrogens (primary N) is 1. The van der Waals surface area contributed by atoms with E-state index >= 15 is 0 Å². The second kappa shape index (κ2) is 5.75. The van der Waals surface area contributed by atoms with Crippen LogP contribution in [0.5, 0.6) is 0 Å². The quantitative estimate of drug-likeness (QED) is 0.560. The standard InChI is InChI=1S/C15H18N4S/c1-2-11-3-5-12(6-4-11)14(18-16)9-13-10-19-7-8-20-15(19)17-13/h3-8,10,14,18H,2,9,16H2,1H3. The fraction of sp³-hybridized carbons (Fsp3) is 0.267. The van der Waals surface area contributed by atoms with Crippen molar-refractivity contribution < 1.29 is 0 Å². The molecule has 2 heterocycles. The van der Waals surface area contributed by atoms with Crippen molar-refractivity contribution in [3.63, 3.8) is 0 Å². The number of imidazole rings is 1. The lowest BCUT2D eigenvalue weighted by Gasteiger charge is -2.15. The number of hydrogen-bond acceptors (Lipinski definition) is 4. The van der Waals surface area contributed by atoms with Crippen LogP contribution in [0.25, 0.3) is 4.96 Å². The van der Waals surface area contributed by atoms with Gasteiger partial charge in [0.2, 0.25) is 0 Å². The van der Waals surface area contributed by atoms with Crippen LogP contribution in [0.15, 0.2) is 42.0 Å². The van der Waals surface area contributed by atoms with Gasteiger partial charge in [-0.25, -0.2) is 4.98 Å². The van der Waals surface area contributed by atoms with Gasteiger partial charge < -0.3 is 0 Å². The third-order valence-electron chi connectivity index (χ3n) is 3.55. The smallest absolute Gasteiger partial charge is 0.193 e. The molecule has 5 heteroatoms. The van der Waals surface area contributed by atoms with Crippen molar-refractivity contribution in [1.29, 1.82) is 0 Å². The van der Waals surface area contributed by atoms with Gasteiger partial charge in [0.15, 0.2) is 4.96 Å². The minimum Gasteiger partial charge on any atom is -0.297 e. The number of nitrogens with zero attached hydrogens (tertiary/aromatic N) is 2. The zero-order valence-electron chi connectivity index (χ0n) is 11.4. The predicted molar refractivity (Wildman–Crippen MR) is 82.7 cm³/mol. The van der Waals surface area contributed by atoms with Crippen molar-refractivity contribution in [2.45, 2.75) is 25.8 Å². The summed E-state index contributed by atoms with van der Waals surface area (Å²) in [4.78, 5) is 5.63. The summed E-state index contributed by atoms with van der Waals surface area (Å²) in [6.45, 7) is 2.16.